The maximum Gasteiger partial charge on any atom is 0.0413 e. The lowest BCUT2D eigenvalue weighted by Crippen LogP contribution is -2.29. The average Bonchev–Trinajstić information content (AvgIpc) is 2.52. The van der Waals surface area contributed by atoms with E-state index in [1.807, 2.05) is 0 Å². The average molecular weight is 297 g/mol. The van der Waals surface area contributed by atoms with Crippen molar-refractivity contribution in [3.05, 3.63) is 28.2 Å². The molecule has 0 fully saturated rings. The van der Waals surface area contributed by atoms with E-state index in [1.54, 1.807) is 0 Å². The molecule has 0 radical (unpaired) electrons. The molecule has 94 valence electrons. The second-order valence-corrected chi connectivity index (χ2v) is 5.56. The van der Waals surface area contributed by atoms with Crippen LogP contribution in [0.1, 0.15) is 31.7 Å². The largest absolute Gasteiger partial charge is 0.370 e. The Labute approximate surface area is 113 Å². The van der Waals surface area contributed by atoms with Crippen molar-refractivity contribution < 1.29 is 0 Å². The van der Waals surface area contributed by atoms with E-state index in [1.165, 1.54) is 41.5 Å². The summed E-state index contributed by atoms with van der Waals surface area (Å²) in [5, 5.41) is 3.49. The lowest BCUT2D eigenvalue weighted by Gasteiger charge is -2.24. The Balaban J connectivity index is 2.12. The number of nitrogens with zero attached hydrogens (tertiary/aromatic N) is 1. The van der Waals surface area contributed by atoms with Gasteiger partial charge in [0.15, 0.2) is 0 Å². The van der Waals surface area contributed by atoms with Crippen LogP contribution in [0.25, 0.3) is 0 Å². The predicted octanol–water partition coefficient (Wildman–Crippen LogP) is 3.55. The molecule has 0 bridgehead atoms. The molecule has 0 saturated heterocycles. The minimum Gasteiger partial charge on any atom is -0.370 e. The Morgan fingerprint density at radius 1 is 1.35 bits per heavy atom. The molecule has 0 unspecified atom stereocenters. The van der Waals surface area contributed by atoms with Gasteiger partial charge in [-0.25, -0.2) is 0 Å². The standard InChI is InChI=1S/C14H21BrN2/c1-2-3-4-8-17-9-7-16-11-12-10-13(15)5-6-14(12)17/h5-6,10,16H,2-4,7-9,11H2,1H3. The number of nitrogens with one attached hydrogen (secondary N) is 1. The Morgan fingerprint density at radius 2 is 2.24 bits per heavy atom. The maximum absolute atomic E-state index is 3.55. The van der Waals surface area contributed by atoms with Crippen LogP contribution in [-0.4, -0.2) is 19.6 Å². The molecule has 17 heavy (non-hydrogen) atoms. The Morgan fingerprint density at radius 3 is 3.06 bits per heavy atom. The second kappa shape index (κ2) is 6.41. The van der Waals surface area contributed by atoms with Gasteiger partial charge in [-0.15, -0.1) is 0 Å². The zero-order valence-corrected chi connectivity index (χ0v) is 12.1. The Hall–Kier alpha value is -0.540. The van der Waals surface area contributed by atoms with Crippen LogP contribution < -0.4 is 10.2 Å². The molecule has 2 nitrogen and oxygen atoms in total. The van der Waals surface area contributed by atoms with Crippen LogP contribution in [0.2, 0.25) is 0 Å². The number of halogens is 1. The molecular weight excluding hydrogens is 276 g/mol. The van der Waals surface area contributed by atoms with E-state index in [9.17, 15) is 0 Å². The number of anilines is 1. The number of benzene rings is 1. The lowest BCUT2D eigenvalue weighted by atomic mass is 10.1. The van der Waals surface area contributed by atoms with E-state index < -0.39 is 0 Å². The van der Waals surface area contributed by atoms with Gasteiger partial charge in [0.1, 0.15) is 0 Å². The molecule has 1 aliphatic heterocycles. The normalized spacial score (nSPS) is 15.5. The Bertz CT molecular complexity index is 365. The van der Waals surface area contributed by atoms with Gasteiger partial charge < -0.3 is 10.2 Å². The summed E-state index contributed by atoms with van der Waals surface area (Å²) in [6.07, 6.45) is 3.92. The van der Waals surface area contributed by atoms with Crippen LogP contribution in [0.4, 0.5) is 5.69 Å². The number of rotatable bonds is 4. The first-order chi connectivity index (χ1) is 8.31. The van der Waals surface area contributed by atoms with Gasteiger partial charge in [0.2, 0.25) is 0 Å². The lowest BCUT2D eigenvalue weighted by molar-refractivity contribution is 0.652. The van der Waals surface area contributed by atoms with E-state index >= 15 is 0 Å². The van der Waals surface area contributed by atoms with Crippen molar-refractivity contribution in [1.29, 1.82) is 0 Å². The summed E-state index contributed by atoms with van der Waals surface area (Å²) >= 11 is 3.55. The molecule has 0 aliphatic carbocycles. The highest BCUT2D eigenvalue weighted by molar-refractivity contribution is 9.10. The van der Waals surface area contributed by atoms with Crippen molar-refractivity contribution in [3.63, 3.8) is 0 Å². The molecule has 2 rings (SSSR count). The quantitative estimate of drug-likeness (QED) is 0.855. The monoisotopic (exact) mass is 296 g/mol. The highest BCUT2D eigenvalue weighted by Gasteiger charge is 2.14. The third-order valence-electron chi connectivity index (χ3n) is 3.29. The number of fused-ring (bicyclic) bond motifs is 1. The van der Waals surface area contributed by atoms with Crippen molar-refractivity contribution in [2.24, 2.45) is 0 Å². The summed E-state index contributed by atoms with van der Waals surface area (Å²) in [5.41, 5.74) is 2.82. The molecule has 3 heteroatoms. The van der Waals surface area contributed by atoms with E-state index in [4.69, 9.17) is 0 Å². The molecule has 0 atom stereocenters. The summed E-state index contributed by atoms with van der Waals surface area (Å²) in [4.78, 5) is 2.53. The van der Waals surface area contributed by atoms with E-state index in [2.05, 4.69) is 51.3 Å². The van der Waals surface area contributed by atoms with E-state index in [0.29, 0.717) is 0 Å². The van der Waals surface area contributed by atoms with Crippen molar-refractivity contribution in [3.8, 4) is 0 Å². The smallest absolute Gasteiger partial charge is 0.0413 e. The van der Waals surface area contributed by atoms with Gasteiger partial charge in [0.25, 0.3) is 0 Å². The molecule has 1 N–H and O–H groups in total. The van der Waals surface area contributed by atoms with Gasteiger partial charge in [-0.1, -0.05) is 35.7 Å². The number of hydrogen-bond donors (Lipinski definition) is 1. The second-order valence-electron chi connectivity index (χ2n) is 4.64. The highest BCUT2D eigenvalue weighted by Crippen LogP contribution is 2.26. The van der Waals surface area contributed by atoms with E-state index in [0.717, 1.165) is 19.6 Å². The molecule has 1 aromatic rings. The first-order valence-electron chi connectivity index (χ1n) is 6.55. The third-order valence-corrected chi connectivity index (χ3v) is 3.78. The topological polar surface area (TPSA) is 15.3 Å². The van der Waals surface area contributed by atoms with Crippen molar-refractivity contribution >= 4 is 21.6 Å². The maximum atomic E-state index is 3.55. The van der Waals surface area contributed by atoms with Crippen LogP contribution in [0.15, 0.2) is 22.7 Å². The fourth-order valence-corrected chi connectivity index (χ4v) is 2.76. The van der Waals surface area contributed by atoms with Crippen molar-refractivity contribution in [2.75, 3.05) is 24.5 Å². The van der Waals surface area contributed by atoms with Gasteiger partial charge in [-0.3, -0.25) is 0 Å². The number of unbranched alkanes of at least 4 members (excludes halogenated alkanes) is 2. The van der Waals surface area contributed by atoms with Gasteiger partial charge in [0.05, 0.1) is 0 Å². The minimum absolute atomic E-state index is 0.985. The third kappa shape index (κ3) is 3.46. The zero-order valence-electron chi connectivity index (χ0n) is 10.5. The SMILES string of the molecule is CCCCCN1CCNCc2cc(Br)ccc21. The number of hydrogen-bond acceptors (Lipinski definition) is 2. The first kappa shape index (κ1) is 12.9. The minimum atomic E-state index is 0.985. The van der Waals surface area contributed by atoms with Crippen LogP contribution >= 0.6 is 15.9 Å². The molecule has 0 spiro atoms. The summed E-state index contributed by atoms with van der Waals surface area (Å²) in [6.45, 7) is 6.63. The van der Waals surface area contributed by atoms with Crippen LogP contribution in [0, 0.1) is 0 Å². The molecule has 0 amide bonds. The molecule has 0 saturated carbocycles. The van der Waals surface area contributed by atoms with E-state index in [-0.39, 0.29) is 0 Å². The molecule has 1 aliphatic rings. The Kier molecular flexibility index (Phi) is 4.86. The molecule has 1 heterocycles. The van der Waals surface area contributed by atoms with Gasteiger partial charge in [-0.2, -0.15) is 0 Å². The molecule has 1 aromatic carbocycles. The van der Waals surface area contributed by atoms with Crippen LogP contribution in [0.5, 0.6) is 0 Å². The van der Waals surface area contributed by atoms with Crippen LogP contribution in [-0.2, 0) is 6.54 Å². The van der Waals surface area contributed by atoms with Gasteiger partial charge >= 0.3 is 0 Å². The fourth-order valence-electron chi connectivity index (χ4n) is 2.35. The first-order valence-corrected chi connectivity index (χ1v) is 7.34. The predicted molar refractivity (Wildman–Crippen MR) is 77.6 cm³/mol. The molecular formula is C14H21BrN2. The summed E-state index contributed by atoms with van der Waals surface area (Å²) < 4.78 is 1.17. The van der Waals surface area contributed by atoms with Gasteiger partial charge in [0, 0.05) is 36.3 Å². The zero-order chi connectivity index (χ0) is 12.1. The molecule has 0 aromatic heterocycles. The van der Waals surface area contributed by atoms with Crippen LogP contribution in [0.3, 0.4) is 0 Å². The summed E-state index contributed by atoms with van der Waals surface area (Å²) in [6, 6.07) is 6.63. The summed E-state index contributed by atoms with van der Waals surface area (Å²) in [5.74, 6) is 0. The summed E-state index contributed by atoms with van der Waals surface area (Å²) in [7, 11) is 0. The van der Waals surface area contributed by atoms with Crippen molar-refractivity contribution in [1.82, 2.24) is 5.32 Å². The van der Waals surface area contributed by atoms with Gasteiger partial charge in [-0.05, 0) is 30.2 Å². The highest BCUT2D eigenvalue weighted by atomic mass is 79.9. The van der Waals surface area contributed by atoms with Crippen molar-refractivity contribution in [2.45, 2.75) is 32.7 Å². The fraction of sp³-hybridized carbons (Fsp3) is 0.571.